The quantitative estimate of drug-likeness (QED) is 0.417. The molecule has 0 fully saturated rings. The number of sulfonamides is 1. The van der Waals surface area contributed by atoms with Crippen LogP contribution in [0.3, 0.4) is 0 Å². The number of aryl methyl sites for hydroxylation is 1. The van der Waals surface area contributed by atoms with Crippen LogP contribution in [-0.4, -0.2) is 25.3 Å². The highest BCUT2D eigenvalue weighted by atomic mass is 32.2. The standard InChI is InChI=1S/C22H19N3O4S2/c1-14-7-10-16(11-8-14)31(28,29)24-19-6-4-3-5-17(19)22-23(2)21(24)18-13-15(25(26)27)9-12-20(18)30-22/h3-13,21-22H,1-2H3/t21-,22+/m0/s1. The van der Waals surface area contributed by atoms with Gasteiger partial charge in [0.05, 0.1) is 20.9 Å². The molecule has 3 aromatic carbocycles. The molecule has 0 aliphatic carbocycles. The van der Waals surface area contributed by atoms with Crippen molar-refractivity contribution < 1.29 is 13.3 Å². The maximum Gasteiger partial charge on any atom is 0.269 e. The largest absolute Gasteiger partial charge is 0.269 e. The Kier molecular flexibility index (Phi) is 4.58. The summed E-state index contributed by atoms with van der Waals surface area (Å²) in [6.07, 6.45) is -0.692. The van der Waals surface area contributed by atoms with Gasteiger partial charge in [0.1, 0.15) is 6.17 Å². The molecule has 5 rings (SSSR count). The van der Waals surface area contributed by atoms with E-state index in [9.17, 15) is 18.5 Å². The van der Waals surface area contributed by atoms with Gasteiger partial charge in [-0.3, -0.25) is 15.0 Å². The molecule has 9 heteroatoms. The second-order valence-corrected chi connectivity index (χ2v) is 10.6. The normalized spacial score (nSPS) is 20.1. The van der Waals surface area contributed by atoms with Crippen LogP contribution in [0.2, 0.25) is 0 Å². The second-order valence-electron chi connectivity index (χ2n) is 7.66. The minimum atomic E-state index is -3.94. The van der Waals surface area contributed by atoms with E-state index in [-0.39, 0.29) is 16.0 Å². The summed E-state index contributed by atoms with van der Waals surface area (Å²) in [5.41, 5.74) is 3.01. The van der Waals surface area contributed by atoms with Crippen LogP contribution >= 0.6 is 11.8 Å². The van der Waals surface area contributed by atoms with Crippen LogP contribution in [0.4, 0.5) is 11.4 Å². The molecular weight excluding hydrogens is 434 g/mol. The lowest BCUT2D eigenvalue weighted by atomic mass is 10.0. The van der Waals surface area contributed by atoms with Gasteiger partial charge in [-0.1, -0.05) is 35.9 Å². The molecule has 31 heavy (non-hydrogen) atoms. The molecule has 2 atom stereocenters. The molecule has 0 N–H and O–H groups in total. The van der Waals surface area contributed by atoms with Gasteiger partial charge in [-0.15, -0.1) is 11.8 Å². The van der Waals surface area contributed by atoms with Crippen molar-refractivity contribution in [1.82, 2.24) is 4.90 Å². The summed E-state index contributed by atoms with van der Waals surface area (Å²) >= 11 is 1.58. The van der Waals surface area contributed by atoms with Crippen LogP contribution in [0, 0.1) is 17.0 Å². The first-order valence-electron chi connectivity index (χ1n) is 9.66. The minimum absolute atomic E-state index is 0.0576. The third-order valence-electron chi connectivity index (χ3n) is 5.72. The zero-order chi connectivity index (χ0) is 21.9. The van der Waals surface area contributed by atoms with Crippen LogP contribution in [0.25, 0.3) is 0 Å². The molecule has 0 aromatic heterocycles. The summed E-state index contributed by atoms with van der Waals surface area (Å²) in [5, 5.41) is 11.3. The minimum Gasteiger partial charge on any atom is -0.265 e. The number of nitro groups is 1. The lowest BCUT2D eigenvalue weighted by molar-refractivity contribution is -0.385. The van der Waals surface area contributed by atoms with Gasteiger partial charge in [0.2, 0.25) is 0 Å². The zero-order valence-corrected chi connectivity index (χ0v) is 18.4. The second kappa shape index (κ2) is 7.08. The predicted molar refractivity (Wildman–Crippen MR) is 119 cm³/mol. The molecular formula is C22H19N3O4S2. The van der Waals surface area contributed by atoms with Crippen molar-refractivity contribution in [3.8, 4) is 0 Å². The fourth-order valence-electron chi connectivity index (χ4n) is 4.20. The van der Waals surface area contributed by atoms with Crippen LogP contribution in [0.15, 0.2) is 76.5 Å². The number of thioether (sulfide) groups is 1. The summed E-state index contributed by atoms with van der Waals surface area (Å²) < 4.78 is 29.2. The third kappa shape index (κ3) is 3.03. The first kappa shape index (κ1) is 20.0. The molecule has 0 radical (unpaired) electrons. The lowest BCUT2D eigenvalue weighted by Gasteiger charge is -2.50. The third-order valence-corrected chi connectivity index (χ3v) is 8.93. The van der Waals surface area contributed by atoms with Crippen LogP contribution in [-0.2, 0) is 10.0 Å². The van der Waals surface area contributed by atoms with Crippen LogP contribution in [0.5, 0.6) is 0 Å². The number of non-ortho nitro benzene ring substituents is 1. The Morgan fingerprint density at radius 1 is 1.00 bits per heavy atom. The highest BCUT2D eigenvalue weighted by molar-refractivity contribution is 7.99. The smallest absolute Gasteiger partial charge is 0.265 e. The number of nitrogens with zero attached hydrogens (tertiary/aromatic N) is 3. The molecule has 0 saturated heterocycles. The Morgan fingerprint density at radius 3 is 2.42 bits per heavy atom. The predicted octanol–water partition coefficient (Wildman–Crippen LogP) is 4.85. The van der Waals surface area contributed by atoms with Crippen molar-refractivity contribution in [2.24, 2.45) is 0 Å². The van der Waals surface area contributed by atoms with Crippen molar-refractivity contribution >= 4 is 33.2 Å². The number of benzene rings is 3. The van der Waals surface area contributed by atoms with Crippen molar-refractivity contribution in [1.29, 1.82) is 0 Å². The molecule has 158 valence electrons. The maximum absolute atomic E-state index is 13.9. The number of hydrogen-bond acceptors (Lipinski definition) is 6. The van der Waals surface area contributed by atoms with E-state index in [4.69, 9.17) is 0 Å². The van der Waals surface area contributed by atoms with E-state index in [1.165, 1.54) is 16.4 Å². The molecule has 0 saturated carbocycles. The topological polar surface area (TPSA) is 83.8 Å². The summed E-state index contributed by atoms with van der Waals surface area (Å²) in [6.45, 7) is 1.90. The summed E-state index contributed by atoms with van der Waals surface area (Å²) in [6, 6.07) is 18.9. The van der Waals surface area contributed by atoms with E-state index in [1.807, 2.05) is 37.1 Å². The van der Waals surface area contributed by atoms with Gasteiger partial charge in [0, 0.05) is 28.2 Å². The van der Waals surface area contributed by atoms with E-state index in [2.05, 4.69) is 0 Å². The number of nitro benzene ring substituents is 1. The van der Waals surface area contributed by atoms with E-state index in [1.54, 1.807) is 48.2 Å². The average Bonchev–Trinajstić information content (AvgIpc) is 2.74. The number of fused-ring (bicyclic) bond motifs is 6. The Labute approximate surface area is 184 Å². The fraction of sp³-hybridized carbons (Fsp3) is 0.182. The first-order valence-corrected chi connectivity index (χ1v) is 12.0. The van der Waals surface area contributed by atoms with Crippen LogP contribution < -0.4 is 4.31 Å². The number of anilines is 1. The molecule has 2 bridgehead atoms. The SMILES string of the molecule is Cc1ccc(S(=O)(=O)N2c3ccccc3[C@H]3Sc4ccc([N+](=O)[O-])cc4[C@H]2N3C)cc1. The Hall–Kier alpha value is -2.88. The van der Waals surface area contributed by atoms with Gasteiger partial charge in [-0.25, -0.2) is 12.7 Å². The van der Waals surface area contributed by atoms with Crippen molar-refractivity contribution in [2.75, 3.05) is 11.4 Å². The van der Waals surface area contributed by atoms with Gasteiger partial charge >= 0.3 is 0 Å². The summed E-state index contributed by atoms with van der Waals surface area (Å²) in [5.74, 6) is 0. The molecule has 3 aromatic rings. The maximum atomic E-state index is 13.9. The summed E-state index contributed by atoms with van der Waals surface area (Å²) in [4.78, 5) is 14.0. The molecule has 7 nitrogen and oxygen atoms in total. The highest BCUT2D eigenvalue weighted by Crippen LogP contribution is 2.57. The van der Waals surface area contributed by atoms with Gasteiger partial charge in [0.25, 0.3) is 15.7 Å². The molecule has 2 aliphatic heterocycles. The number of rotatable bonds is 3. The molecule has 0 amide bonds. The molecule has 0 spiro atoms. The van der Waals surface area contributed by atoms with Gasteiger partial charge < -0.3 is 0 Å². The van der Waals surface area contributed by atoms with Gasteiger partial charge in [-0.2, -0.15) is 0 Å². The van der Waals surface area contributed by atoms with Crippen molar-refractivity contribution in [3.63, 3.8) is 0 Å². The number of para-hydroxylation sites is 1. The van der Waals surface area contributed by atoms with E-state index < -0.39 is 21.1 Å². The Balaban J connectivity index is 1.77. The molecule has 2 aliphatic rings. The molecule has 2 heterocycles. The van der Waals surface area contributed by atoms with Gasteiger partial charge in [0.15, 0.2) is 0 Å². The van der Waals surface area contributed by atoms with Crippen LogP contribution in [0.1, 0.15) is 28.2 Å². The highest BCUT2D eigenvalue weighted by Gasteiger charge is 2.48. The average molecular weight is 454 g/mol. The molecule has 0 unspecified atom stereocenters. The van der Waals surface area contributed by atoms with Gasteiger partial charge in [-0.05, 0) is 38.2 Å². The zero-order valence-electron chi connectivity index (χ0n) is 16.8. The monoisotopic (exact) mass is 453 g/mol. The first-order chi connectivity index (χ1) is 14.8. The Morgan fingerprint density at radius 2 is 1.71 bits per heavy atom. The van der Waals surface area contributed by atoms with Crippen molar-refractivity contribution in [3.05, 3.63) is 93.5 Å². The Bertz CT molecular complexity index is 1310. The number of hydrogen-bond donors (Lipinski definition) is 0. The summed E-state index contributed by atoms with van der Waals surface area (Å²) in [7, 11) is -2.08. The van der Waals surface area contributed by atoms with E-state index in [0.29, 0.717) is 11.3 Å². The van der Waals surface area contributed by atoms with E-state index in [0.717, 1.165) is 16.0 Å². The fourth-order valence-corrected chi connectivity index (χ4v) is 7.15. The van der Waals surface area contributed by atoms with E-state index >= 15 is 0 Å². The van der Waals surface area contributed by atoms with Crippen molar-refractivity contribution in [2.45, 2.75) is 28.3 Å². The lowest BCUT2D eigenvalue weighted by Crippen LogP contribution is -2.49.